The van der Waals surface area contributed by atoms with Gasteiger partial charge in [-0.05, 0) is 52.4 Å². The molecule has 0 fully saturated rings. The first-order chi connectivity index (χ1) is 10.7. The van der Waals surface area contributed by atoms with Gasteiger partial charge in [0.1, 0.15) is 5.75 Å². The highest BCUT2D eigenvalue weighted by Gasteiger charge is 2.02. The van der Waals surface area contributed by atoms with Crippen molar-refractivity contribution >= 4 is 40.3 Å². The Morgan fingerprint density at radius 2 is 1.82 bits per heavy atom. The van der Waals surface area contributed by atoms with Crippen LogP contribution in [0, 0.1) is 3.57 Å². The number of carbonyl (C=O) groups is 1. The second-order valence-corrected chi connectivity index (χ2v) is 6.98. The van der Waals surface area contributed by atoms with Crippen molar-refractivity contribution in [1.29, 1.82) is 0 Å². The SMILES string of the molecule is O=C(COc1ccc(I)cc1)NCCSCc1ccccc1. The summed E-state index contributed by atoms with van der Waals surface area (Å²) in [6.45, 7) is 0.719. The van der Waals surface area contributed by atoms with Gasteiger partial charge in [0, 0.05) is 21.6 Å². The number of amides is 1. The Bertz CT molecular complexity index is 575. The van der Waals surface area contributed by atoms with Gasteiger partial charge in [-0.25, -0.2) is 0 Å². The fourth-order valence-electron chi connectivity index (χ4n) is 1.76. The molecule has 2 aromatic rings. The third-order valence-corrected chi connectivity index (χ3v) is 4.61. The molecule has 0 saturated heterocycles. The van der Waals surface area contributed by atoms with Gasteiger partial charge in [0.15, 0.2) is 6.61 Å². The summed E-state index contributed by atoms with van der Waals surface area (Å²) < 4.78 is 6.57. The van der Waals surface area contributed by atoms with Crippen molar-refractivity contribution in [3.63, 3.8) is 0 Å². The summed E-state index contributed by atoms with van der Waals surface area (Å²) >= 11 is 4.04. The maximum absolute atomic E-state index is 11.7. The normalized spacial score (nSPS) is 10.2. The molecule has 116 valence electrons. The van der Waals surface area contributed by atoms with Crippen LogP contribution in [0.25, 0.3) is 0 Å². The minimum absolute atomic E-state index is 0.0595. The Labute approximate surface area is 149 Å². The van der Waals surface area contributed by atoms with E-state index in [4.69, 9.17) is 4.74 Å². The van der Waals surface area contributed by atoms with Gasteiger partial charge in [0.2, 0.25) is 0 Å². The fourth-order valence-corrected chi connectivity index (χ4v) is 2.94. The van der Waals surface area contributed by atoms with Gasteiger partial charge in [-0.3, -0.25) is 4.79 Å². The highest BCUT2D eigenvalue weighted by molar-refractivity contribution is 14.1. The van der Waals surface area contributed by atoms with Gasteiger partial charge in [-0.1, -0.05) is 30.3 Å². The molecule has 2 aromatic carbocycles. The lowest BCUT2D eigenvalue weighted by Crippen LogP contribution is -2.30. The van der Waals surface area contributed by atoms with Crippen LogP contribution in [0.15, 0.2) is 54.6 Å². The number of halogens is 1. The zero-order valence-electron chi connectivity index (χ0n) is 12.1. The molecule has 0 atom stereocenters. The average Bonchev–Trinajstić information content (AvgIpc) is 2.55. The molecule has 1 amide bonds. The lowest BCUT2D eigenvalue weighted by atomic mass is 10.2. The van der Waals surface area contributed by atoms with E-state index in [1.165, 1.54) is 5.56 Å². The molecule has 0 spiro atoms. The topological polar surface area (TPSA) is 38.3 Å². The molecule has 22 heavy (non-hydrogen) atoms. The molecule has 0 aliphatic rings. The predicted molar refractivity (Wildman–Crippen MR) is 100 cm³/mol. The molecule has 0 radical (unpaired) electrons. The van der Waals surface area contributed by atoms with Crippen LogP contribution >= 0.6 is 34.4 Å². The van der Waals surface area contributed by atoms with Gasteiger partial charge in [0.25, 0.3) is 5.91 Å². The first-order valence-corrected chi connectivity index (χ1v) is 9.24. The fraction of sp³-hybridized carbons (Fsp3) is 0.235. The maximum atomic E-state index is 11.7. The van der Waals surface area contributed by atoms with Crippen molar-refractivity contribution in [2.24, 2.45) is 0 Å². The first kappa shape index (κ1) is 17.1. The second kappa shape index (κ2) is 9.74. The molecular weight excluding hydrogens is 409 g/mol. The number of ether oxygens (including phenoxy) is 1. The Kier molecular flexibility index (Phi) is 7.59. The third-order valence-electron chi connectivity index (χ3n) is 2.86. The summed E-state index contributed by atoms with van der Waals surface area (Å²) in [4.78, 5) is 11.7. The standard InChI is InChI=1S/C17H18INO2S/c18-15-6-8-16(9-7-15)21-12-17(20)19-10-11-22-13-14-4-2-1-3-5-14/h1-9H,10-13H2,(H,19,20). The van der Waals surface area contributed by atoms with E-state index in [0.717, 1.165) is 15.1 Å². The zero-order valence-corrected chi connectivity index (χ0v) is 15.1. The van der Waals surface area contributed by atoms with Crippen LogP contribution in [-0.2, 0) is 10.5 Å². The minimum atomic E-state index is -0.0844. The van der Waals surface area contributed by atoms with E-state index < -0.39 is 0 Å². The van der Waals surface area contributed by atoms with Crippen LogP contribution in [0.3, 0.4) is 0 Å². The van der Waals surface area contributed by atoms with E-state index in [2.05, 4.69) is 40.0 Å². The maximum Gasteiger partial charge on any atom is 0.257 e. The molecular formula is C17H18INO2S. The predicted octanol–water partition coefficient (Wildman–Crippen LogP) is 3.72. The highest BCUT2D eigenvalue weighted by atomic mass is 127. The molecule has 2 rings (SSSR count). The summed E-state index contributed by atoms with van der Waals surface area (Å²) in [7, 11) is 0. The Hall–Kier alpha value is -1.21. The number of hydrogen-bond acceptors (Lipinski definition) is 3. The van der Waals surface area contributed by atoms with Crippen LogP contribution in [0.1, 0.15) is 5.56 Å². The van der Waals surface area contributed by atoms with Crippen LogP contribution in [0.2, 0.25) is 0 Å². The Morgan fingerprint density at radius 1 is 1.09 bits per heavy atom. The number of benzene rings is 2. The molecule has 0 saturated carbocycles. The lowest BCUT2D eigenvalue weighted by Gasteiger charge is -2.07. The molecule has 0 aliphatic carbocycles. The molecule has 0 aliphatic heterocycles. The quantitative estimate of drug-likeness (QED) is 0.516. The number of nitrogens with one attached hydrogen (secondary N) is 1. The van der Waals surface area contributed by atoms with E-state index in [-0.39, 0.29) is 12.5 Å². The summed E-state index contributed by atoms with van der Waals surface area (Å²) in [5.74, 6) is 2.49. The van der Waals surface area contributed by atoms with Gasteiger partial charge in [-0.2, -0.15) is 11.8 Å². The van der Waals surface area contributed by atoms with Gasteiger partial charge < -0.3 is 10.1 Å². The minimum Gasteiger partial charge on any atom is -0.484 e. The summed E-state index contributed by atoms with van der Waals surface area (Å²) in [6, 6.07) is 18.0. The molecule has 3 nitrogen and oxygen atoms in total. The van der Waals surface area contributed by atoms with Crippen LogP contribution in [0.4, 0.5) is 0 Å². The first-order valence-electron chi connectivity index (χ1n) is 7.01. The Morgan fingerprint density at radius 3 is 2.55 bits per heavy atom. The number of thioether (sulfide) groups is 1. The van der Waals surface area contributed by atoms with Crippen molar-refractivity contribution in [3.8, 4) is 5.75 Å². The van der Waals surface area contributed by atoms with E-state index in [0.29, 0.717) is 12.3 Å². The largest absolute Gasteiger partial charge is 0.484 e. The number of carbonyl (C=O) groups excluding carboxylic acids is 1. The number of rotatable bonds is 8. The van der Waals surface area contributed by atoms with Crippen LogP contribution in [0.5, 0.6) is 5.75 Å². The monoisotopic (exact) mass is 427 g/mol. The molecule has 1 N–H and O–H groups in total. The van der Waals surface area contributed by atoms with Crippen molar-refractivity contribution in [3.05, 3.63) is 63.7 Å². The van der Waals surface area contributed by atoms with Gasteiger partial charge >= 0.3 is 0 Å². The van der Waals surface area contributed by atoms with Crippen LogP contribution in [-0.4, -0.2) is 24.8 Å². The van der Waals surface area contributed by atoms with Crippen molar-refractivity contribution in [1.82, 2.24) is 5.32 Å². The van der Waals surface area contributed by atoms with Crippen LogP contribution < -0.4 is 10.1 Å². The summed E-state index contributed by atoms with van der Waals surface area (Å²) in [5.41, 5.74) is 1.31. The van der Waals surface area contributed by atoms with Gasteiger partial charge in [-0.15, -0.1) is 0 Å². The molecule has 0 bridgehead atoms. The third kappa shape index (κ3) is 6.70. The van der Waals surface area contributed by atoms with Crippen molar-refractivity contribution < 1.29 is 9.53 Å². The zero-order chi connectivity index (χ0) is 15.6. The van der Waals surface area contributed by atoms with E-state index in [1.807, 2.05) is 54.2 Å². The summed E-state index contributed by atoms with van der Waals surface area (Å²) in [6.07, 6.45) is 0. The lowest BCUT2D eigenvalue weighted by molar-refractivity contribution is -0.122. The highest BCUT2D eigenvalue weighted by Crippen LogP contribution is 2.13. The molecule has 0 unspecified atom stereocenters. The Balaban J connectivity index is 1.55. The molecule has 0 aromatic heterocycles. The van der Waals surface area contributed by atoms with Gasteiger partial charge in [0.05, 0.1) is 0 Å². The molecule has 0 heterocycles. The van der Waals surface area contributed by atoms with E-state index in [1.54, 1.807) is 0 Å². The smallest absolute Gasteiger partial charge is 0.257 e. The van der Waals surface area contributed by atoms with Crippen molar-refractivity contribution in [2.45, 2.75) is 5.75 Å². The number of hydrogen-bond donors (Lipinski definition) is 1. The van der Waals surface area contributed by atoms with E-state index in [9.17, 15) is 4.79 Å². The summed E-state index contributed by atoms with van der Waals surface area (Å²) in [5, 5.41) is 2.86. The molecule has 5 heteroatoms. The van der Waals surface area contributed by atoms with E-state index >= 15 is 0 Å². The second-order valence-electron chi connectivity index (χ2n) is 4.63. The average molecular weight is 427 g/mol. The van der Waals surface area contributed by atoms with Crippen molar-refractivity contribution in [2.75, 3.05) is 18.9 Å².